The zero-order valence-electron chi connectivity index (χ0n) is 9.74. The van der Waals surface area contributed by atoms with Crippen LogP contribution in [0.5, 0.6) is 0 Å². The summed E-state index contributed by atoms with van der Waals surface area (Å²) in [5.41, 5.74) is 0.601. The minimum Gasteiger partial charge on any atom is -0.481 e. The second-order valence-electron chi connectivity index (χ2n) is 3.80. The Kier molecular flexibility index (Phi) is 4.30. The van der Waals surface area contributed by atoms with Crippen LogP contribution >= 0.6 is 11.3 Å². The number of anilines is 1. The number of aromatic nitrogens is 3. The summed E-state index contributed by atoms with van der Waals surface area (Å²) in [6, 6.07) is 0. The molecule has 96 valence electrons. The second-order valence-corrected chi connectivity index (χ2v) is 4.65. The fourth-order valence-electron chi connectivity index (χ4n) is 1.50. The molecule has 0 aliphatic heterocycles. The Morgan fingerprint density at radius 1 is 1.56 bits per heavy atom. The fourth-order valence-corrected chi connectivity index (χ4v) is 2.24. The van der Waals surface area contributed by atoms with Gasteiger partial charge < -0.3 is 15.0 Å². The zero-order valence-corrected chi connectivity index (χ0v) is 10.6. The molecule has 0 aliphatic carbocycles. The number of imidazole rings is 1. The number of carboxylic acids is 1. The standard InChI is InChI=1S/C11H14N4O2S/c16-10(17)6-9-7-18-11(14-9)13-2-1-4-15-5-3-12-8-15/h3,5,7-8H,1-2,4,6H2,(H,13,14)(H,16,17). The number of carbonyl (C=O) groups is 1. The molecule has 2 aromatic heterocycles. The molecule has 0 amide bonds. The molecule has 2 heterocycles. The van der Waals surface area contributed by atoms with Gasteiger partial charge in [-0.25, -0.2) is 9.97 Å². The lowest BCUT2D eigenvalue weighted by Crippen LogP contribution is -2.06. The molecular formula is C11H14N4O2S. The van der Waals surface area contributed by atoms with Gasteiger partial charge in [0.05, 0.1) is 18.4 Å². The molecule has 18 heavy (non-hydrogen) atoms. The molecule has 0 aliphatic rings. The summed E-state index contributed by atoms with van der Waals surface area (Å²) in [4.78, 5) is 18.7. The minimum atomic E-state index is -0.855. The maximum Gasteiger partial charge on any atom is 0.309 e. The third kappa shape index (κ3) is 3.85. The van der Waals surface area contributed by atoms with Crippen molar-refractivity contribution in [3.63, 3.8) is 0 Å². The molecule has 0 fully saturated rings. The van der Waals surface area contributed by atoms with Crippen LogP contribution in [0.25, 0.3) is 0 Å². The first-order valence-electron chi connectivity index (χ1n) is 5.60. The number of rotatable bonds is 7. The number of nitrogens with zero attached hydrogens (tertiary/aromatic N) is 3. The van der Waals surface area contributed by atoms with Gasteiger partial charge in [0.1, 0.15) is 0 Å². The van der Waals surface area contributed by atoms with E-state index in [1.165, 1.54) is 11.3 Å². The summed E-state index contributed by atoms with van der Waals surface area (Å²) in [5.74, 6) is -0.855. The molecule has 0 aromatic carbocycles. The number of nitrogens with one attached hydrogen (secondary N) is 1. The number of aliphatic carboxylic acids is 1. The predicted octanol–water partition coefficient (Wildman–Crippen LogP) is 1.47. The van der Waals surface area contributed by atoms with E-state index >= 15 is 0 Å². The van der Waals surface area contributed by atoms with Gasteiger partial charge in [-0.15, -0.1) is 11.3 Å². The van der Waals surface area contributed by atoms with Crippen molar-refractivity contribution in [1.29, 1.82) is 0 Å². The number of aryl methyl sites for hydroxylation is 1. The van der Waals surface area contributed by atoms with Crippen LogP contribution in [0.15, 0.2) is 24.1 Å². The van der Waals surface area contributed by atoms with Gasteiger partial charge in [-0.3, -0.25) is 4.79 Å². The van der Waals surface area contributed by atoms with Gasteiger partial charge in [-0.2, -0.15) is 0 Å². The number of thiazole rings is 1. The Bertz CT molecular complexity index is 495. The summed E-state index contributed by atoms with van der Waals surface area (Å²) in [7, 11) is 0. The van der Waals surface area contributed by atoms with E-state index in [4.69, 9.17) is 5.11 Å². The van der Waals surface area contributed by atoms with E-state index in [0.29, 0.717) is 5.69 Å². The van der Waals surface area contributed by atoms with Crippen molar-refractivity contribution in [2.45, 2.75) is 19.4 Å². The number of carboxylic acid groups (broad SMARTS) is 1. The van der Waals surface area contributed by atoms with Gasteiger partial charge in [-0.1, -0.05) is 0 Å². The molecule has 0 saturated heterocycles. The lowest BCUT2D eigenvalue weighted by molar-refractivity contribution is -0.136. The Balaban J connectivity index is 1.70. The molecule has 2 aromatic rings. The van der Waals surface area contributed by atoms with Crippen LogP contribution in [0.3, 0.4) is 0 Å². The maximum absolute atomic E-state index is 10.5. The lowest BCUT2D eigenvalue weighted by atomic mass is 10.3. The molecule has 0 spiro atoms. The highest BCUT2D eigenvalue weighted by molar-refractivity contribution is 7.13. The first kappa shape index (κ1) is 12.6. The third-order valence-electron chi connectivity index (χ3n) is 2.31. The summed E-state index contributed by atoms with van der Waals surface area (Å²) < 4.78 is 2.01. The Labute approximate surface area is 108 Å². The molecular weight excluding hydrogens is 252 g/mol. The molecule has 0 unspecified atom stereocenters. The van der Waals surface area contributed by atoms with Gasteiger partial charge in [0.15, 0.2) is 5.13 Å². The summed E-state index contributed by atoms with van der Waals surface area (Å²) >= 11 is 1.43. The van der Waals surface area contributed by atoms with Crippen LogP contribution < -0.4 is 5.32 Å². The van der Waals surface area contributed by atoms with Crippen LogP contribution in [-0.2, 0) is 17.8 Å². The van der Waals surface area contributed by atoms with Crippen molar-refractivity contribution in [2.24, 2.45) is 0 Å². The van der Waals surface area contributed by atoms with Crippen molar-refractivity contribution in [3.8, 4) is 0 Å². The molecule has 7 heteroatoms. The maximum atomic E-state index is 10.5. The average molecular weight is 266 g/mol. The third-order valence-corrected chi connectivity index (χ3v) is 3.16. The largest absolute Gasteiger partial charge is 0.481 e. The number of hydrogen-bond acceptors (Lipinski definition) is 5. The fraction of sp³-hybridized carbons (Fsp3) is 0.364. The van der Waals surface area contributed by atoms with Crippen molar-refractivity contribution >= 4 is 22.4 Å². The first-order valence-corrected chi connectivity index (χ1v) is 6.48. The highest BCUT2D eigenvalue weighted by atomic mass is 32.1. The van der Waals surface area contributed by atoms with E-state index in [0.717, 1.165) is 24.6 Å². The summed E-state index contributed by atoms with van der Waals surface area (Å²) in [6.07, 6.45) is 6.41. The molecule has 0 radical (unpaired) electrons. The monoisotopic (exact) mass is 266 g/mol. The van der Waals surface area contributed by atoms with Crippen molar-refractivity contribution in [2.75, 3.05) is 11.9 Å². The first-order chi connectivity index (χ1) is 8.74. The molecule has 0 bridgehead atoms. The minimum absolute atomic E-state index is 0.0206. The van der Waals surface area contributed by atoms with Crippen LogP contribution in [0, 0.1) is 0 Å². The van der Waals surface area contributed by atoms with E-state index in [9.17, 15) is 4.79 Å². The topological polar surface area (TPSA) is 80.0 Å². The number of hydrogen-bond donors (Lipinski definition) is 2. The SMILES string of the molecule is O=C(O)Cc1csc(NCCCn2ccnc2)n1. The van der Waals surface area contributed by atoms with Gasteiger partial charge >= 0.3 is 5.97 Å². The predicted molar refractivity (Wildman–Crippen MR) is 68.8 cm³/mol. The van der Waals surface area contributed by atoms with E-state index in [1.54, 1.807) is 17.9 Å². The van der Waals surface area contributed by atoms with E-state index < -0.39 is 5.97 Å². The van der Waals surface area contributed by atoms with E-state index in [-0.39, 0.29) is 6.42 Å². The molecule has 2 rings (SSSR count). The highest BCUT2D eigenvalue weighted by Gasteiger charge is 2.05. The van der Waals surface area contributed by atoms with E-state index in [1.807, 2.05) is 10.8 Å². The highest BCUT2D eigenvalue weighted by Crippen LogP contribution is 2.15. The van der Waals surface area contributed by atoms with Gasteiger partial charge in [0.25, 0.3) is 0 Å². The Morgan fingerprint density at radius 2 is 2.44 bits per heavy atom. The molecule has 6 nitrogen and oxygen atoms in total. The molecule has 2 N–H and O–H groups in total. The Hall–Kier alpha value is -1.89. The second kappa shape index (κ2) is 6.15. The van der Waals surface area contributed by atoms with Crippen molar-refractivity contribution in [3.05, 3.63) is 29.8 Å². The van der Waals surface area contributed by atoms with Gasteiger partial charge in [0, 0.05) is 30.9 Å². The van der Waals surface area contributed by atoms with Crippen LogP contribution in [0.1, 0.15) is 12.1 Å². The van der Waals surface area contributed by atoms with Crippen LogP contribution in [-0.4, -0.2) is 32.2 Å². The zero-order chi connectivity index (χ0) is 12.8. The van der Waals surface area contributed by atoms with E-state index in [2.05, 4.69) is 15.3 Å². The summed E-state index contributed by atoms with van der Waals surface area (Å²) in [6.45, 7) is 1.71. The normalized spacial score (nSPS) is 10.4. The van der Waals surface area contributed by atoms with Crippen LogP contribution in [0.2, 0.25) is 0 Å². The molecule has 0 atom stereocenters. The van der Waals surface area contributed by atoms with Crippen LogP contribution in [0.4, 0.5) is 5.13 Å². The quantitative estimate of drug-likeness (QED) is 0.742. The summed E-state index contributed by atoms with van der Waals surface area (Å²) in [5, 5.41) is 14.4. The smallest absolute Gasteiger partial charge is 0.309 e. The molecule has 0 saturated carbocycles. The Morgan fingerprint density at radius 3 is 3.17 bits per heavy atom. The van der Waals surface area contributed by atoms with Crippen molar-refractivity contribution in [1.82, 2.24) is 14.5 Å². The lowest BCUT2D eigenvalue weighted by Gasteiger charge is -2.03. The van der Waals surface area contributed by atoms with Gasteiger partial charge in [-0.05, 0) is 6.42 Å². The van der Waals surface area contributed by atoms with Crippen molar-refractivity contribution < 1.29 is 9.90 Å². The van der Waals surface area contributed by atoms with Gasteiger partial charge in [0.2, 0.25) is 0 Å². The average Bonchev–Trinajstić information content (AvgIpc) is 2.95.